The van der Waals surface area contributed by atoms with E-state index in [1.165, 1.54) is 11.3 Å². The molecule has 1 heteroatoms. The van der Waals surface area contributed by atoms with Crippen molar-refractivity contribution in [1.82, 2.24) is 0 Å². The molecule has 0 spiro atoms. The Kier molecular flexibility index (Phi) is 5.24. The number of allylic oxidation sites excluding steroid dienone is 1. The van der Waals surface area contributed by atoms with Crippen LogP contribution in [-0.2, 0) is 0 Å². The highest BCUT2D eigenvalue weighted by Gasteiger charge is 2.01. The lowest BCUT2D eigenvalue weighted by atomic mass is 9.98. The number of anilines is 1. The molecule has 0 fully saturated rings. The molecule has 0 aliphatic rings. The summed E-state index contributed by atoms with van der Waals surface area (Å²) in [5.41, 5.74) is 2.58. The molecule has 0 aromatic heterocycles. The summed E-state index contributed by atoms with van der Waals surface area (Å²) in [6.45, 7) is 3.15. The minimum atomic E-state index is 0.578. The van der Waals surface area contributed by atoms with Gasteiger partial charge in [-0.15, -0.1) is 0 Å². The number of hydrogen-bond acceptors (Lipinski definition) is 1. The zero-order valence-corrected chi connectivity index (χ0v) is 11.4. The maximum atomic E-state index is 3.37. The van der Waals surface area contributed by atoms with Crippen LogP contribution in [0.1, 0.15) is 24.8 Å². The molecule has 2 aromatic carbocycles. The summed E-state index contributed by atoms with van der Waals surface area (Å²) in [4.78, 5) is 0. The van der Waals surface area contributed by atoms with Gasteiger partial charge in [0.25, 0.3) is 0 Å². The molecule has 19 heavy (non-hydrogen) atoms. The molecule has 0 aliphatic heterocycles. The third-order valence-electron chi connectivity index (χ3n) is 3.22. The molecular formula is C18H21N. The molecule has 98 valence electrons. The number of hydrogen-bond donors (Lipinski definition) is 1. The SMILES string of the molecule is CC(C/C=C/CNc1ccccc1)c1ccccc1. The van der Waals surface area contributed by atoms with E-state index in [9.17, 15) is 0 Å². The van der Waals surface area contributed by atoms with E-state index in [-0.39, 0.29) is 0 Å². The lowest BCUT2D eigenvalue weighted by molar-refractivity contribution is 0.779. The van der Waals surface area contributed by atoms with Gasteiger partial charge in [-0.25, -0.2) is 0 Å². The molecule has 0 radical (unpaired) electrons. The van der Waals surface area contributed by atoms with Crippen molar-refractivity contribution < 1.29 is 0 Å². The van der Waals surface area contributed by atoms with Crippen molar-refractivity contribution in [2.75, 3.05) is 11.9 Å². The van der Waals surface area contributed by atoms with E-state index < -0.39 is 0 Å². The third kappa shape index (κ3) is 4.63. The van der Waals surface area contributed by atoms with Gasteiger partial charge in [0.05, 0.1) is 0 Å². The molecule has 0 amide bonds. The lowest BCUT2D eigenvalue weighted by Gasteiger charge is -2.08. The second-order valence-corrected chi connectivity index (χ2v) is 4.77. The Bertz CT molecular complexity index is 488. The normalized spacial score (nSPS) is 12.5. The highest BCUT2D eigenvalue weighted by molar-refractivity contribution is 5.42. The van der Waals surface area contributed by atoms with Crippen LogP contribution in [0.25, 0.3) is 0 Å². The monoisotopic (exact) mass is 251 g/mol. The largest absolute Gasteiger partial charge is 0.382 e. The van der Waals surface area contributed by atoms with Crippen molar-refractivity contribution in [1.29, 1.82) is 0 Å². The van der Waals surface area contributed by atoms with E-state index in [1.54, 1.807) is 0 Å². The average molecular weight is 251 g/mol. The average Bonchev–Trinajstić information content (AvgIpc) is 2.49. The van der Waals surface area contributed by atoms with Gasteiger partial charge in [-0.1, -0.05) is 67.6 Å². The molecule has 2 rings (SSSR count). The van der Waals surface area contributed by atoms with Gasteiger partial charge in [-0.2, -0.15) is 0 Å². The van der Waals surface area contributed by atoms with Crippen LogP contribution in [0.15, 0.2) is 72.8 Å². The minimum absolute atomic E-state index is 0.578. The van der Waals surface area contributed by atoms with Crippen LogP contribution >= 0.6 is 0 Å². The first kappa shape index (κ1) is 13.4. The zero-order valence-electron chi connectivity index (χ0n) is 11.4. The van der Waals surface area contributed by atoms with Gasteiger partial charge in [-0.05, 0) is 30.0 Å². The molecule has 2 aromatic rings. The van der Waals surface area contributed by atoms with Gasteiger partial charge >= 0.3 is 0 Å². The maximum Gasteiger partial charge on any atom is 0.0342 e. The molecule has 0 saturated carbocycles. The first-order valence-corrected chi connectivity index (χ1v) is 6.85. The highest BCUT2D eigenvalue weighted by atomic mass is 14.8. The van der Waals surface area contributed by atoms with Crippen LogP contribution in [0, 0.1) is 0 Å². The minimum Gasteiger partial charge on any atom is -0.382 e. The fraction of sp³-hybridized carbons (Fsp3) is 0.222. The Morgan fingerprint density at radius 2 is 1.53 bits per heavy atom. The van der Waals surface area contributed by atoms with Crippen LogP contribution < -0.4 is 5.32 Å². The van der Waals surface area contributed by atoms with E-state index in [0.717, 1.165) is 13.0 Å². The molecule has 0 saturated heterocycles. The smallest absolute Gasteiger partial charge is 0.0342 e. The molecule has 1 unspecified atom stereocenters. The Morgan fingerprint density at radius 3 is 2.21 bits per heavy atom. The second kappa shape index (κ2) is 7.42. The standard InChI is InChI=1S/C18H21N/c1-16(17-11-4-2-5-12-17)10-8-9-15-19-18-13-6-3-7-14-18/h2-9,11-14,16,19H,10,15H2,1H3/b9-8+. The topological polar surface area (TPSA) is 12.0 Å². The van der Waals surface area contributed by atoms with Gasteiger partial charge in [-0.3, -0.25) is 0 Å². The van der Waals surface area contributed by atoms with Gasteiger partial charge in [0.2, 0.25) is 0 Å². The fourth-order valence-electron chi connectivity index (χ4n) is 2.03. The van der Waals surface area contributed by atoms with Gasteiger partial charge in [0, 0.05) is 12.2 Å². The summed E-state index contributed by atoms with van der Waals surface area (Å²) < 4.78 is 0. The van der Waals surface area contributed by atoms with Crippen LogP contribution in [-0.4, -0.2) is 6.54 Å². The molecule has 1 N–H and O–H groups in total. The summed E-state index contributed by atoms with van der Waals surface area (Å²) in [5, 5.41) is 3.37. The predicted molar refractivity (Wildman–Crippen MR) is 83.5 cm³/mol. The number of rotatable bonds is 6. The van der Waals surface area contributed by atoms with E-state index in [2.05, 4.69) is 66.9 Å². The quantitative estimate of drug-likeness (QED) is 0.724. The molecule has 1 nitrogen and oxygen atoms in total. The Morgan fingerprint density at radius 1 is 0.895 bits per heavy atom. The Labute approximate surface area is 116 Å². The third-order valence-corrected chi connectivity index (χ3v) is 3.22. The molecule has 0 aliphatic carbocycles. The van der Waals surface area contributed by atoms with Crippen molar-refractivity contribution in [3.63, 3.8) is 0 Å². The molecular weight excluding hydrogens is 230 g/mol. The van der Waals surface area contributed by atoms with Crippen molar-refractivity contribution in [2.24, 2.45) is 0 Å². The molecule has 0 bridgehead atoms. The Hall–Kier alpha value is -2.02. The van der Waals surface area contributed by atoms with Gasteiger partial charge < -0.3 is 5.32 Å². The predicted octanol–water partition coefficient (Wildman–Crippen LogP) is 4.85. The van der Waals surface area contributed by atoms with Crippen LogP contribution in [0.2, 0.25) is 0 Å². The summed E-state index contributed by atoms with van der Waals surface area (Å²) in [6.07, 6.45) is 5.54. The summed E-state index contributed by atoms with van der Waals surface area (Å²) in [5.74, 6) is 0.578. The van der Waals surface area contributed by atoms with E-state index in [1.807, 2.05) is 18.2 Å². The highest BCUT2D eigenvalue weighted by Crippen LogP contribution is 2.18. The van der Waals surface area contributed by atoms with E-state index in [4.69, 9.17) is 0 Å². The molecule has 1 atom stereocenters. The molecule has 0 heterocycles. The number of para-hydroxylation sites is 1. The summed E-state index contributed by atoms with van der Waals surface area (Å²) >= 11 is 0. The first-order chi connectivity index (χ1) is 9.36. The Balaban J connectivity index is 1.72. The zero-order chi connectivity index (χ0) is 13.3. The van der Waals surface area contributed by atoms with E-state index in [0.29, 0.717) is 5.92 Å². The van der Waals surface area contributed by atoms with Gasteiger partial charge in [0.1, 0.15) is 0 Å². The van der Waals surface area contributed by atoms with Crippen LogP contribution in [0.5, 0.6) is 0 Å². The van der Waals surface area contributed by atoms with Crippen molar-refractivity contribution in [3.05, 3.63) is 78.4 Å². The lowest BCUT2D eigenvalue weighted by Crippen LogP contribution is -1.97. The summed E-state index contributed by atoms with van der Waals surface area (Å²) in [7, 11) is 0. The van der Waals surface area contributed by atoms with Gasteiger partial charge in [0.15, 0.2) is 0 Å². The van der Waals surface area contributed by atoms with Crippen molar-refractivity contribution in [2.45, 2.75) is 19.3 Å². The van der Waals surface area contributed by atoms with Crippen molar-refractivity contribution >= 4 is 5.69 Å². The van der Waals surface area contributed by atoms with E-state index >= 15 is 0 Å². The number of nitrogens with one attached hydrogen (secondary N) is 1. The fourth-order valence-corrected chi connectivity index (χ4v) is 2.03. The van der Waals surface area contributed by atoms with Crippen LogP contribution in [0.3, 0.4) is 0 Å². The summed E-state index contributed by atoms with van der Waals surface area (Å²) in [6, 6.07) is 21.0. The first-order valence-electron chi connectivity index (χ1n) is 6.85. The van der Waals surface area contributed by atoms with Crippen LogP contribution in [0.4, 0.5) is 5.69 Å². The number of benzene rings is 2. The maximum absolute atomic E-state index is 3.37. The second-order valence-electron chi connectivity index (χ2n) is 4.77. The van der Waals surface area contributed by atoms with Crippen molar-refractivity contribution in [3.8, 4) is 0 Å².